The van der Waals surface area contributed by atoms with Crippen molar-refractivity contribution in [3.05, 3.63) is 29.3 Å². The Labute approximate surface area is 92.5 Å². The Morgan fingerprint density at radius 1 is 1.27 bits per heavy atom. The molecule has 0 aliphatic carbocycles. The Morgan fingerprint density at radius 3 is 2.67 bits per heavy atom. The summed E-state index contributed by atoms with van der Waals surface area (Å²) in [5.74, 6) is 1.67. The van der Waals surface area contributed by atoms with Crippen molar-refractivity contribution in [2.24, 2.45) is 5.41 Å². The Bertz CT molecular complexity index is 360. The fourth-order valence-corrected chi connectivity index (χ4v) is 1.98. The molecule has 1 aliphatic rings. The van der Waals surface area contributed by atoms with Crippen LogP contribution in [-0.2, 0) is 6.42 Å². The molecule has 0 saturated carbocycles. The van der Waals surface area contributed by atoms with Crippen molar-refractivity contribution in [2.75, 3.05) is 6.61 Å². The van der Waals surface area contributed by atoms with Crippen LogP contribution in [0.2, 0.25) is 0 Å². The van der Waals surface area contributed by atoms with Gasteiger partial charge in [-0.15, -0.1) is 0 Å². The molecule has 1 aromatic rings. The molecule has 0 fully saturated rings. The molecule has 1 atom stereocenters. The van der Waals surface area contributed by atoms with Crippen molar-refractivity contribution in [1.29, 1.82) is 0 Å². The summed E-state index contributed by atoms with van der Waals surface area (Å²) in [5.41, 5.74) is 3.14. The van der Waals surface area contributed by atoms with E-state index in [1.165, 1.54) is 11.1 Å². The van der Waals surface area contributed by atoms with Crippen molar-refractivity contribution in [3.8, 4) is 5.75 Å². The topological polar surface area (TPSA) is 9.23 Å². The Balaban J connectivity index is 2.31. The molecule has 2 rings (SSSR count). The maximum Gasteiger partial charge on any atom is 0.122 e. The minimum absolute atomic E-state index is 0.327. The molecule has 1 nitrogen and oxygen atoms in total. The van der Waals surface area contributed by atoms with E-state index in [0.29, 0.717) is 11.3 Å². The Morgan fingerprint density at radius 2 is 2.00 bits per heavy atom. The molecule has 0 N–H and O–H groups in total. The third-order valence-corrected chi connectivity index (χ3v) is 3.51. The second-order valence-corrected chi connectivity index (χ2v) is 5.55. The number of ether oxygens (including phenoxy) is 1. The molecule has 1 heteroatoms. The van der Waals surface area contributed by atoms with E-state index in [2.05, 4.69) is 45.9 Å². The number of hydrogen-bond donors (Lipinski definition) is 0. The van der Waals surface area contributed by atoms with Gasteiger partial charge in [-0.1, -0.05) is 39.8 Å². The van der Waals surface area contributed by atoms with Crippen molar-refractivity contribution in [2.45, 2.75) is 40.0 Å². The summed E-state index contributed by atoms with van der Waals surface area (Å²) in [4.78, 5) is 0. The van der Waals surface area contributed by atoms with Gasteiger partial charge >= 0.3 is 0 Å². The molecular weight excluding hydrogens is 184 g/mol. The van der Waals surface area contributed by atoms with E-state index in [1.54, 1.807) is 0 Å². The summed E-state index contributed by atoms with van der Waals surface area (Å²) >= 11 is 0. The highest BCUT2D eigenvalue weighted by Gasteiger charge is 2.23. The molecule has 1 aliphatic heterocycles. The van der Waals surface area contributed by atoms with E-state index in [9.17, 15) is 0 Å². The summed E-state index contributed by atoms with van der Waals surface area (Å²) in [6, 6.07) is 6.65. The Hall–Kier alpha value is -0.980. The van der Waals surface area contributed by atoms with Gasteiger partial charge in [-0.3, -0.25) is 0 Å². The van der Waals surface area contributed by atoms with Gasteiger partial charge in [0.25, 0.3) is 0 Å². The van der Waals surface area contributed by atoms with Gasteiger partial charge in [-0.2, -0.15) is 0 Å². The van der Waals surface area contributed by atoms with Crippen LogP contribution < -0.4 is 4.74 Å². The van der Waals surface area contributed by atoms with Crippen LogP contribution in [0, 0.1) is 5.41 Å². The van der Waals surface area contributed by atoms with Crippen molar-refractivity contribution in [1.82, 2.24) is 0 Å². The molecule has 82 valence electrons. The van der Waals surface area contributed by atoms with Gasteiger partial charge in [-0.25, -0.2) is 0 Å². The molecule has 0 spiro atoms. The lowest BCUT2D eigenvalue weighted by Crippen LogP contribution is -2.15. The summed E-state index contributed by atoms with van der Waals surface area (Å²) < 4.78 is 5.52. The minimum Gasteiger partial charge on any atom is -0.493 e. The van der Waals surface area contributed by atoms with Gasteiger partial charge in [0, 0.05) is 6.42 Å². The lowest BCUT2D eigenvalue weighted by molar-refractivity contribution is 0.339. The maximum absolute atomic E-state index is 5.52. The van der Waals surface area contributed by atoms with E-state index in [1.807, 2.05) is 0 Å². The van der Waals surface area contributed by atoms with E-state index >= 15 is 0 Å². The van der Waals surface area contributed by atoms with Crippen molar-refractivity contribution >= 4 is 0 Å². The van der Waals surface area contributed by atoms with Crippen LogP contribution in [0.5, 0.6) is 5.75 Å². The zero-order valence-electron chi connectivity index (χ0n) is 10.1. The monoisotopic (exact) mass is 204 g/mol. The molecule has 15 heavy (non-hydrogen) atoms. The highest BCUT2D eigenvalue weighted by atomic mass is 16.5. The first-order chi connectivity index (χ1) is 6.98. The van der Waals surface area contributed by atoms with Gasteiger partial charge in [0.2, 0.25) is 0 Å². The second kappa shape index (κ2) is 3.55. The number of benzene rings is 1. The van der Waals surface area contributed by atoms with Crippen LogP contribution in [-0.4, -0.2) is 6.61 Å². The average molecular weight is 204 g/mol. The zero-order valence-corrected chi connectivity index (χ0v) is 10.1. The summed E-state index contributed by atoms with van der Waals surface area (Å²) in [7, 11) is 0. The smallest absolute Gasteiger partial charge is 0.122 e. The Kier molecular flexibility index (Phi) is 2.49. The van der Waals surface area contributed by atoms with Crippen LogP contribution in [0.1, 0.15) is 44.7 Å². The van der Waals surface area contributed by atoms with Crippen LogP contribution in [0.15, 0.2) is 18.2 Å². The third kappa shape index (κ3) is 2.01. The van der Waals surface area contributed by atoms with Crippen LogP contribution >= 0.6 is 0 Å². The first-order valence-electron chi connectivity index (χ1n) is 5.74. The van der Waals surface area contributed by atoms with E-state index in [4.69, 9.17) is 4.74 Å². The fourth-order valence-electron chi connectivity index (χ4n) is 1.98. The maximum atomic E-state index is 5.52. The molecular formula is C14H20O. The van der Waals surface area contributed by atoms with Gasteiger partial charge in [0.1, 0.15) is 5.75 Å². The quantitative estimate of drug-likeness (QED) is 0.676. The standard InChI is InChI=1S/C14H20O/c1-10(14(2,3)4)11-5-6-13-12(9-11)7-8-15-13/h5-6,9-10H,7-8H2,1-4H3. The lowest BCUT2D eigenvalue weighted by Gasteiger charge is -2.27. The zero-order chi connectivity index (χ0) is 11.1. The van der Waals surface area contributed by atoms with Gasteiger partial charge in [-0.05, 0) is 28.5 Å². The van der Waals surface area contributed by atoms with Gasteiger partial charge in [0.15, 0.2) is 0 Å². The van der Waals surface area contributed by atoms with E-state index in [-0.39, 0.29) is 0 Å². The number of rotatable bonds is 1. The second-order valence-electron chi connectivity index (χ2n) is 5.55. The molecule has 1 aromatic carbocycles. The van der Waals surface area contributed by atoms with Crippen LogP contribution in [0.4, 0.5) is 0 Å². The number of fused-ring (bicyclic) bond motifs is 1. The molecule has 0 aromatic heterocycles. The number of hydrogen-bond acceptors (Lipinski definition) is 1. The predicted molar refractivity (Wildman–Crippen MR) is 63.5 cm³/mol. The minimum atomic E-state index is 0.327. The van der Waals surface area contributed by atoms with Gasteiger partial charge < -0.3 is 4.74 Å². The molecule has 1 heterocycles. The normalized spacial score (nSPS) is 17.1. The summed E-state index contributed by atoms with van der Waals surface area (Å²) in [6.45, 7) is 10.0. The average Bonchev–Trinajstić information content (AvgIpc) is 2.61. The van der Waals surface area contributed by atoms with Crippen molar-refractivity contribution < 1.29 is 4.74 Å². The van der Waals surface area contributed by atoms with E-state index < -0.39 is 0 Å². The molecule has 0 saturated heterocycles. The van der Waals surface area contributed by atoms with E-state index in [0.717, 1.165) is 18.8 Å². The highest BCUT2D eigenvalue weighted by molar-refractivity contribution is 5.41. The SMILES string of the molecule is CC(c1ccc2c(c1)CCO2)C(C)(C)C. The largest absolute Gasteiger partial charge is 0.493 e. The highest BCUT2D eigenvalue weighted by Crippen LogP contribution is 2.37. The molecule has 0 amide bonds. The van der Waals surface area contributed by atoms with Crippen LogP contribution in [0.25, 0.3) is 0 Å². The molecule has 0 radical (unpaired) electrons. The first-order valence-corrected chi connectivity index (χ1v) is 5.74. The van der Waals surface area contributed by atoms with Crippen molar-refractivity contribution in [3.63, 3.8) is 0 Å². The van der Waals surface area contributed by atoms with Gasteiger partial charge in [0.05, 0.1) is 6.61 Å². The third-order valence-electron chi connectivity index (χ3n) is 3.51. The fraction of sp³-hybridized carbons (Fsp3) is 0.571. The lowest BCUT2D eigenvalue weighted by atomic mass is 9.77. The first kappa shape index (κ1) is 10.5. The summed E-state index contributed by atoms with van der Waals surface area (Å²) in [6.07, 6.45) is 1.07. The molecule has 1 unspecified atom stereocenters. The predicted octanol–water partition coefficient (Wildman–Crippen LogP) is 3.77. The van der Waals surface area contributed by atoms with Crippen LogP contribution in [0.3, 0.4) is 0 Å². The molecule has 0 bridgehead atoms. The summed E-state index contributed by atoms with van der Waals surface area (Å²) in [5, 5.41) is 0.